The number of benzene rings is 2. The lowest BCUT2D eigenvalue weighted by atomic mass is 9.98. The number of rotatable bonds is 8. The van der Waals surface area contributed by atoms with Crippen LogP contribution >= 0.6 is 0 Å². The Hall–Kier alpha value is -3.39. The SMILES string of the molecule is CN(C)CCC(NC(=O)OCC1c2ccccc2-c2ccccc21)C(=O)N1CCCC1(C)C(=O)O. The molecule has 2 unspecified atom stereocenters. The second-order valence-corrected chi connectivity index (χ2v) is 9.79. The van der Waals surface area contributed by atoms with Crippen molar-refractivity contribution in [1.29, 1.82) is 0 Å². The monoisotopic (exact) mass is 479 g/mol. The van der Waals surface area contributed by atoms with Crippen LogP contribution in [0.25, 0.3) is 11.1 Å². The number of amides is 2. The van der Waals surface area contributed by atoms with Gasteiger partial charge in [0.1, 0.15) is 18.2 Å². The molecule has 2 atom stereocenters. The first-order chi connectivity index (χ1) is 16.7. The lowest BCUT2D eigenvalue weighted by Crippen LogP contribution is -2.57. The van der Waals surface area contributed by atoms with E-state index in [1.165, 1.54) is 4.90 Å². The molecule has 186 valence electrons. The fraction of sp³-hybridized carbons (Fsp3) is 0.444. The van der Waals surface area contributed by atoms with Crippen molar-refractivity contribution in [3.05, 3.63) is 59.7 Å². The molecule has 0 aromatic heterocycles. The fourth-order valence-corrected chi connectivity index (χ4v) is 5.15. The average molecular weight is 480 g/mol. The summed E-state index contributed by atoms with van der Waals surface area (Å²) in [4.78, 5) is 41.4. The van der Waals surface area contributed by atoms with Crippen LogP contribution in [0.2, 0.25) is 0 Å². The van der Waals surface area contributed by atoms with Crippen molar-refractivity contribution in [2.24, 2.45) is 0 Å². The Kier molecular flexibility index (Phi) is 7.12. The van der Waals surface area contributed by atoms with E-state index >= 15 is 0 Å². The van der Waals surface area contributed by atoms with E-state index in [0.717, 1.165) is 22.3 Å². The summed E-state index contributed by atoms with van der Waals surface area (Å²) in [5, 5.41) is 12.5. The molecule has 0 bridgehead atoms. The van der Waals surface area contributed by atoms with Crippen LogP contribution in [0.1, 0.15) is 43.2 Å². The zero-order valence-corrected chi connectivity index (χ0v) is 20.5. The van der Waals surface area contributed by atoms with E-state index in [0.29, 0.717) is 32.4 Å². The summed E-state index contributed by atoms with van der Waals surface area (Å²) in [7, 11) is 3.76. The van der Waals surface area contributed by atoms with E-state index < -0.39 is 23.6 Å². The van der Waals surface area contributed by atoms with Gasteiger partial charge in [-0.25, -0.2) is 9.59 Å². The van der Waals surface area contributed by atoms with Gasteiger partial charge in [0.05, 0.1) is 0 Å². The number of fused-ring (bicyclic) bond motifs is 3. The average Bonchev–Trinajstić information content (AvgIpc) is 3.39. The highest BCUT2D eigenvalue weighted by atomic mass is 16.5. The number of nitrogens with zero attached hydrogens (tertiary/aromatic N) is 2. The lowest BCUT2D eigenvalue weighted by Gasteiger charge is -2.34. The van der Waals surface area contributed by atoms with Crippen molar-refractivity contribution in [2.75, 3.05) is 33.8 Å². The highest BCUT2D eigenvalue weighted by Gasteiger charge is 2.47. The number of aliphatic carboxylic acids is 1. The first kappa shape index (κ1) is 24.7. The molecule has 2 aromatic carbocycles. The molecule has 1 aliphatic heterocycles. The van der Waals surface area contributed by atoms with Crippen LogP contribution in [-0.2, 0) is 14.3 Å². The Bertz CT molecular complexity index is 1070. The molecule has 1 fully saturated rings. The Labute approximate surface area is 205 Å². The molecule has 1 heterocycles. The molecule has 8 nitrogen and oxygen atoms in total. The lowest BCUT2D eigenvalue weighted by molar-refractivity contribution is -0.156. The van der Waals surface area contributed by atoms with Crippen molar-refractivity contribution in [2.45, 2.75) is 43.7 Å². The van der Waals surface area contributed by atoms with Crippen molar-refractivity contribution >= 4 is 18.0 Å². The molecule has 0 spiro atoms. The topological polar surface area (TPSA) is 99.2 Å². The third-order valence-electron chi connectivity index (χ3n) is 7.17. The molecule has 8 heteroatoms. The van der Waals surface area contributed by atoms with Gasteiger partial charge in [-0.3, -0.25) is 4.79 Å². The van der Waals surface area contributed by atoms with Gasteiger partial charge in [-0.15, -0.1) is 0 Å². The number of carbonyl (C=O) groups excluding carboxylic acids is 2. The Morgan fingerprint density at radius 1 is 1.11 bits per heavy atom. The van der Waals surface area contributed by atoms with Crippen LogP contribution in [0.15, 0.2) is 48.5 Å². The molecule has 1 saturated heterocycles. The highest BCUT2D eigenvalue weighted by molar-refractivity contribution is 5.91. The molecule has 4 rings (SSSR count). The van der Waals surface area contributed by atoms with Gasteiger partial charge in [-0.1, -0.05) is 48.5 Å². The van der Waals surface area contributed by atoms with Gasteiger partial charge < -0.3 is 25.0 Å². The third-order valence-corrected chi connectivity index (χ3v) is 7.17. The maximum absolute atomic E-state index is 13.4. The summed E-state index contributed by atoms with van der Waals surface area (Å²) in [6, 6.07) is 15.3. The number of carboxylic acids is 1. The van der Waals surface area contributed by atoms with Crippen molar-refractivity contribution in [1.82, 2.24) is 15.1 Å². The fourth-order valence-electron chi connectivity index (χ4n) is 5.15. The molecule has 2 amide bonds. The first-order valence-electron chi connectivity index (χ1n) is 12.0. The second-order valence-electron chi connectivity index (χ2n) is 9.79. The Balaban J connectivity index is 1.46. The minimum absolute atomic E-state index is 0.0852. The summed E-state index contributed by atoms with van der Waals surface area (Å²) < 4.78 is 5.64. The highest BCUT2D eigenvalue weighted by Crippen LogP contribution is 2.44. The molecular weight excluding hydrogens is 446 g/mol. The van der Waals surface area contributed by atoms with Crippen molar-refractivity contribution in [3.63, 3.8) is 0 Å². The zero-order valence-electron chi connectivity index (χ0n) is 20.5. The van der Waals surface area contributed by atoms with Gasteiger partial charge in [0, 0.05) is 12.5 Å². The normalized spacial score (nSPS) is 19.8. The van der Waals surface area contributed by atoms with Gasteiger partial charge in [-0.05, 0) is 69.1 Å². The summed E-state index contributed by atoms with van der Waals surface area (Å²) in [5.74, 6) is -1.50. The van der Waals surface area contributed by atoms with Gasteiger partial charge in [-0.2, -0.15) is 0 Å². The van der Waals surface area contributed by atoms with Crippen LogP contribution in [0.4, 0.5) is 4.79 Å². The predicted molar refractivity (Wildman–Crippen MR) is 132 cm³/mol. The van der Waals surface area contributed by atoms with Crippen LogP contribution in [0, 0.1) is 0 Å². The molecule has 2 aliphatic rings. The van der Waals surface area contributed by atoms with E-state index in [4.69, 9.17) is 4.74 Å². The van der Waals surface area contributed by atoms with Crippen LogP contribution < -0.4 is 5.32 Å². The van der Waals surface area contributed by atoms with Crippen LogP contribution in [0.3, 0.4) is 0 Å². The van der Waals surface area contributed by atoms with E-state index in [1.54, 1.807) is 6.92 Å². The number of carbonyl (C=O) groups is 3. The van der Waals surface area contributed by atoms with Crippen LogP contribution in [-0.4, -0.2) is 78.2 Å². The van der Waals surface area contributed by atoms with E-state index in [1.807, 2.05) is 55.4 Å². The second kappa shape index (κ2) is 10.1. The van der Waals surface area contributed by atoms with E-state index in [2.05, 4.69) is 17.4 Å². The Morgan fingerprint density at radius 3 is 2.29 bits per heavy atom. The van der Waals surface area contributed by atoms with Gasteiger partial charge in [0.2, 0.25) is 5.91 Å². The number of nitrogens with one attached hydrogen (secondary N) is 1. The smallest absolute Gasteiger partial charge is 0.407 e. The molecular formula is C27H33N3O5. The molecule has 2 aromatic rings. The summed E-state index contributed by atoms with van der Waals surface area (Å²) >= 11 is 0. The molecule has 2 N–H and O–H groups in total. The van der Waals surface area contributed by atoms with E-state index in [-0.39, 0.29) is 18.4 Å². The summed E-state index contributed by atoms with van der Waals surface area (Å²) in [6.45, 7) is 2.62. The van der Waals surface area contributed by atoms with Crippen molar-refractivity contribution in [3.8, 4) is 11.1 Å². The molecule has 35 heavy (non-hydrogen) atoms. The molecule has 0 saturated carbocycles. The van der Waals surface area contributed by atoms with Crippen molar-refractivity contribution < 1.29 is 24.2 Å². The quantitative estimate of drug-likeness (QED) is 0.603. The summed E-state index contributed by atoms with van der Waals surface area (Å²) in [5.41, 5.74) is 3.22. The standard InChI is InChI=1S/C27H33N3O5/c1-27(25(32)33)14-8-15-30(27)24(31)23(13-16-29(2)3)28-26(34)35-17-22-20-11-6-4-9-18(20)19-10-5-7-12-21(19)22/h4-7,9-12,22-23H,8,13-17H2,1-3H3,(H,28,34)(H,32,33). The molecule has 0 radical (unpaired) electrons. The minimum Gasteiger partial charge on any atom is -0.480 e. The zero-order chi connectivity index (χ0) is 25.2. The van der Waals surface area contributed by atoms with Crippen LogP contribution in [0.5, 0.6) is 0 Å². The number of alkyl carbamates (subject to hydrolysis) is 1. The third kappa shape index (κ3) is 4.89. The Morgan fingerprint density at radius 2 is 1.71 bits per heavy atom. The maximum atomic E-state index is 13.4. The maximum Gasteiger partial charge on any atom is 0.407 e. The largest absolute Gasteiger partial charge is 0.480 e. The van der Waals surface area contributed by atoms with E-state index in [9.17, 15) is 19.5 Å². The summed E-state index contributed by atoms with van der Waals surface area (Å²) in [6.07, 6.45) is 0.668. The number of hydrogen-bond donors (Lipinski definition) is 2. The number of likely N-dealkylation sites (tertiary alicyclic amines) is 1. The van der Waals surface area contributed by atoms with Gasteiger partial charge in [0.25, 0.3) is 0 Å². The van der Waals surface area contributed by atoms with Gasteiger partial charge >= 0.3 is 12.1 Å². The number of hydrogen-bond acceptors (Lipinski definition) is 5. The minimum atomic E-state index is -1.27. The first-order valence-corrected chi connectivity index (χ1v) is 12.0. The predicted octanol–water partition coefficient (Wildman–Crippen LogP) is 3.31. The molecule has 1 aliphatic carbocycles. The number of carboxylic acid groups (broad SMARTS) is 1. The number of ether oxygens (including phenoxy) is 1. The van der Waals surface area contributed by atoms with Gasteiger partial charge in [0.15, 0.2) is 0 Å².